The number of rotatable bonds is 6. The van der Waals surface area contributed by atoms with Gasteiger partial charge in [0, 0.05) is 12.6 Å². The van der Waals surface area contributed by atoms with Crippen LogP contribution in [0.15, 0.2) is 24.3 Å². The molecule has 1 atom stereocenters. The van der Waals surface area contributed by atoms with Crippen molar-refractivity contribution in [3.8, 4) is 5.75 Å². The molecule has 0 bridgehead atoms. The molecule has 0 radical (unpaired) electrons. The summed E-state index contributed by atoms with van der Waals surface area (Å²) >= 11 is 0. The summed E-state index contributed by atoms with van der Waals surface area (Å²) in [6.07, 6.45) is 2.04. The first-order valence-corrected chi connectivity index (χ1v) is 8.05. The van der Waals surface area contributed by atoms with Gasteiger partial charge < -0.3 is 20.1 Å². The van der Waals surface area contributed by atoms with Gasteiger partial charge in [-0.2, -0.15) is 0 Å². The second-order valence-corrected chi connectivity index (χ2v) is 6.31. The van der Waals surface area contributed by atoms with Crippen molar-refractivity contribution in [3.63, 3.8) is 0 Å². The van der Waals surface area contributed by atoms with Crippen molar-refractivity contribution in [3.05, 3.63) is 24.3 Å². The molecule has 1 heterocycles. The van der Waals surface area contributed by atoms with Crippen LogP contribution >= 0.6 is 0 Å². The van der Waals surface area contributed by atoms with Crippen molar-refractivity contribution in [1.82, 2.24) is 0 Å². The van der Waals surface area contributed by atoms with E-state index in [0.29, 0.717) is 12.4 Å². The summed E-state index contributed by atoms with van der Waals surface area (Å²) in [5.74, 6) is 1.43. The first-order valence-electron chi connectivity index (χ1n) is 8.05. The van der Waals surface area contributed by atoms with Crippen LogP contribution in [0, 0.1) is 5.92 Å². The lowest BCUT2D eigenvalue weighted by molar-refractivity contribution is -0.909. The highest BCUT2D eigenvalue weighted by Gasteiger charge is 2.21. The fourth-order valence-electron chi connectivity index (χ4n) is 2.80. The normalized spacial score (nSPS) is 22.9. The van der Waals surface area contributed by atoms with Crippen molar-refractivity contribution in [2.45, 2.75) is 32.8 Å². The Morgan fingerprint density at radius 2 is 2.00 bits per heavy atom. The molecule has 0 saturated carbocycles. The van der Waals surface area contributed by atoms with Crippen LogP contribution in [0.5, 0.6) is 5.75 Å². The maximum Gasteiger partial charge on any atom is 0.221 e. The zero-order valence-corrected chi connectivity index (χ0v) is 13.5. The Labute approximate surface area is 132 Å². The number of hydrogen-bond acceptors (Lipinski definition) is 3. The molecule has 3 N–H and O–H groups in total. The van der Waals surface area contributed by atoms with E-state index in [-0.39, 0.29) is 5.91 Å². The second-order valence-electron chi connectivity index (χ2n) is 6.31. The number of nitrogens with one attached hydrogen (secondary N) is 2. The molecule has 122 valence electrons. The van der Waals surface area contributed by atoms with Crippen molar-refractivity contribution < 1.29 is 19.5 Å². The Morgan fingerprint density at radius 3 is 2.59 bits per heavy atom. The standard InChI is InChI=1S/C17H26N2O3/c1-13-7-9-19(10-8-13)11-16(21)12-22-17-5-3-15(4-6-17)18-14(2)20/h3-6,13,16,21H,7-12H2,1-2H3,(H,18,20)/p+1/t16-/m1/s1. The Bertz CT molecular complexity index is 467. The summed E-state index contributed by atoms with van der Waals surface area (Å²) in [6.45, 7) is 7.11. The smallest absolute Gasteiger partial charge is 0.221 e. The first kappa shape index (κ1) is 16.8. The minimum absolute atomic E-state index is 0.0945. The highest BCUT2D eigenvalue weighted by Crippen LogP contribution is 2.15. The molecule has 5 heteroatoms. The van der Waals surface area contributed by atoms with Crippen molar-refractivity contribution in [2.75, 3.05) is 31.6 Å². The zero-order valence-electron chi connectivity index (χ0n) is 13.5. The lowest BCUT2D eigenvalue weighted by Crippen LogP contribution is -3.14. The predicted molar refractivity (Wildman–Crippen MR) is 86.2 cm³/mol. The number of benzene rings is 1. The Hall–Kier alpha value is -1.59. The predicted octanol–water partition coefficient (Wildman–Crippen LogP) is 0.699. The van der Waals surface area contributed by atoms with Gasteiger partial charge in [0.15, 0.2) is 0 Å². The number of hydrogen-bond donors (Lipinski definition) is 3. The first-order chi connectivity index (χ1) is 10.5. The molecule has 0 aromatic heterocycles. The summed E-state index contributed by atoms with van der Waals surface area (Å²) in [7, 11) is 0. The number of carbonyl (C=O) groups excluding carboxylic acids is 1. The van der Waals surface area contributed by atoms with Crippen LogP contribution in [0.3, 0.4) is 0 Å². The van der Waals surface area contributed by atoms with Gasteiger partial charge in [0.25, 0.3) is 0 Å². The van der Waals surface area contributed by atoms with E-state index < -0.39 is 6.10 Å². The van der Waals surface area contributed by atoms with Gasteiger partial charge in [-0.1, -0.05) is 6.92 Å². The largest absolute Gasteiger partial charge is 0.491 e. The summed E-state index contributed by atoms with van der Waals surface area (Å²) < 4.78 is 5.61. The number of likely N-dealkylation sites (tertiary alicyclic amines) is 1. The third kappa shape index (κ3) is 5.66. The fourth-order valence-corrected chi connectivity index (χ4v) is 2.80. The summed E-state index contributed by atoms with van der Waals surface area (Å²) in [6, 6.07) is 7.18. The van der Waals surface area contributed by atoms with Crippen LogP contribution in [-0.2, 0) is 4.79 Å². The molecule has 22 heavy (non-hydrogen) atoms. The molecule has 0 aliphatic carbocycles. The number of quaternary nitrogens is 1. The number of carbonyl (C=O) groups is 1. The molecule has 5 nitrogen and oxygen atoms in total. The van der Waals surface area contributed by atoms with Crippen LogP contribution < -0.4 is 15.0 Å². The van der Waals surface area contributed by atoms with E-state index in [0.717, 1.165) is 31.2 Å². The molecule has 0 unspecified atom stereocenters. The third-order valence-corrected chi connectivity index (χ3v) is 4.12. The van der Waals surface area contributed by atoms with Crippen molar-refractivity contribution >= 4 is 11.6 Å². The molecule has 1 saturated heterocycles. The number of ether oxygens (including phenoxy) is 1. The third-order valence-electron chi connectivity index (χ3n) is 4.12. The molecule has 1 aliphatic rings. The maximum atomic E-state index is 10.9. The Kier molecular flexibility index (Phi) is 6.21. The molecule has 1 aromatic carbocycles. The second kappa shape index (κ2) is 8.15. The van der Waals surface area contributed by atoms with E-state index in [1.165, 1.54) is 24.7 Å². The minimum atomic E-state index is -0.446. The van der Waals surface area contributed by atoms with Crippen LogP contribution in [0.25, 0.3) is 0 Å². The van der Waals surface area contributed by atoms with Crippen LogP contribution in [0.1, 0.15) is 26.7 Å². The summed E-state index contributed by atoms with van der Waals surface area (Å²) in [4.78, 5) is 12.4. The number of amides is 1. The van der Waals surface area contributed by atoms with E-state index in [4.69, 9.17) is 4.74 Å². The van der Waals surface area contributed by atoms with Crippen molar-refractivity contribution in [1.29, 1.82) is 0 Å². The summed E-state index contributed by atoms with van der Waals surface area (Å²) in [5, 5.41) is 12.8. The van der Waals surface area contributed by atoms with E-state index in [9.17, 15) is 9.90 Å². The van der Waals surface area contributed by atoms with E-state index in [2.05, 4.69) is 12.2 Å². The molecular formula is C17H27N2O3+. The van der Waals surface area contributed by atoms with Crippen LogP contribution in [-0.4, -0.2) is 43.4 Å². The molecule has 2 rings (SSSR count). The number of aliphatic hydroxyl groups is 1. The molecule has 1 amide bonds. The van der Waals surface area contributed by atoms with Gasteiger partial charge in [-0.25, -0.2) is 0 Å². The van der Waals surface area contributed by atoms with Gasteiger partial charge in [-0.3, -0.25) is 4.79 Å². The monoisotopic (exact) mass is 307 g/mol. The van der Waals surface area contributed by atoms with Gasteiger partial charge in [0.05, 0.1) is 13.1 Å². The highest BCUT2D eigenvalue weighted by atomic mass is 16.5. The quantitative estimate of drug-likeness (QED) is 0.725. The van der Waals surface area contributed by atoms with Gasteiger partial charge in [-0.15, -0.1) is 0 Å². The van der Waals surface area contributed by atoms with E-state index >= 15 is 0 Å². The number of anilines is 1. The Balaban J connectivity index is 1.71. The highest BCUT2D eigenvalue weighted by molar-refractivity contribution is 5.88. The average molecular weight is 307 g/mol. The minimum Gasteiger partial charge on any atom is -0.491 e. The van der Waals surface area contributed by atoms with Gasteiger partial charge in [-0.05, 0) is 43.0 Å². The van der Waals surface area contributed by atoms with Crippen LogP contribution in [0.2, 0.25) is 0 Å². The van der Waals surface area contributed by atoms with Gasteiger partial charge in [0.2, 0.25) is 5.91 Å². The molecule has 1 aliphatic heterocycles. The topological polar surface area (TPSA) is 63.0 Å². The van der Waals surface area contributed by atoms with E-state index in [1.54, 1.807) is 24.3 Å². The molecular weight excluding hydrogens is 280 g/mol. The van der Waals surface area contributed by atoms with Crippen LogP contribution in [0.4, 0.5) is 5.69 Å². The van der Waals surface area contributed by atoms with Gasteiger partial charge in [0.1, 0.15) is 25.0 Å². The molecule has 1 fully saturated rings. The average Bonchev–Trinajstić information content (AvgIpc) is 2.48. The number of piperidine rings is 1. The van der Waals surface area contributed by atoms with Crippen molar-refractivity contribution in [2.24, 2.45) is 5.92 Å². The van der Waals surface area contributed by atoms with Gasteiger partial charge >= 0.3 is 0 Å². The molecule has 0 spiro atoms. The van der Waals surface area contributed by atoms with E-state index in [1.807, 2.05) is 0 Å². The zero-order chi connectivity index (χ0) is 15.9. The SMILES string of the molecule is CC(=O)Nc1ccc(OC[C@H](O)C[NH+]2CCC(C)CC2)cc1. The summed E-state index contributed by atoms with van der Waals surface area (Å²) in [5.41, 5.74) is 0.743. The molecule has 1 aromatic rings. The number of aliphatic hydroxyl groups excluding tert-OH is 1. The lowest BCUT2D eigenvalue weighted by Gasteiger charge is -2.28. The Morgan fingerprint density at radius 1 is 1.36 bits per heavy atom. The maximum absolute atomic E-state index is 10.9. The fraction of sp³-hybridized carbons (Fsp3) is 0.588. The lowest BCUT2D eigenvalue weighted by atomic mass is 9.99.